The Morgan fingerprint density at radius 1 is 1.10 bits per heavy atom. The third-order valence-electron chi connectivity index (χ3n) is 4.74. The molecule has 1 unspecified atom stereocenters. The minimum atomic E-state index is -0.350. The number of ether oxygens (including phenoxy) is 1. The highest BCUT2D eigenvalue weighted by Crippen LogP contribution is 2.25. The molecule has 1 aliphatic carbocycles. The van der Waals surface area contributed by atoms with Crippen LogP contribution in [-0.4, -0.2) is 42.1 Å². The number of nitrogens with two attached hydrogens (primary N) is 1. The van der Waals surface area contributed by atoms with Crippen molar-refractivity contribution in [1.29, 1.82) is 0 Å². The van der Waals surface area contributed by atoms with E-state index in [1.54, 1.807) is 0 Å². The molecule has 1 aliphatic heterocycles. The van der Waals surface area contributed by atoms with E-state index in [9.17, 15) is 4.79 Å². The molecule has 2 aliphatic rings. The van der Waals surface area contributed by atoms with Gasteiger partial charge in [0.2, 0.25) is 0 Å². The monoisotopic (exact) mass is 282 g/mol. The molecule has 2 N–H and O–H groups in total. The van der Waals surface area contributed by atoms with Crippen molar-refractivity contribution in [1.82, 2.24) is 4.90 Å². The molecule has 2 fully saturated rings. The van der Waals surface area contributed by atoms with E-state index in [-0.39, 0.29) is 17.6 Å². The fourth-order valence-electron chi connectivity index (χ4n) is 3.31. The normalized spacial score (nSPS) is 25.0. The molecule has 4 heteroatoms. The van der Waals surface area contributed by atoms with E-state index in [2.05, 4.69) is 0 Å². The van der Waals surface area contributed by atoms with Crippen molar-refractivity contribution in [3.8, 4) is 0 Å². The Morgan fingerprint density at radius 2 is 1.65 bits per heavy atom. The predicted octanol–water partition coefficient (Wildman–Crippen LogP) is 2.46. The van der Waals surface area contributed by atoms with Crippen LogP contribution in [0.15, 0.2) is 0 Å². The fourth-order valence-corrected chi connectivity index (χ4v) is 3.31. The van der Waals surface area contributed by atoms with Gasteiger partial charge in [-0.25, -0.2) is 0 Å². The van der Waals surface area contributed by atoms with Gasteiger partial charge >= 0.3 is 0 Å². The van der Waals surface area contributed by atoms with E-state index in [1.165, 1.54) is 32.1 Å². The highest BCUT2D eigenvalue weighted by Gasteiger charge is 2.29. The summed E-state index contributed by atoms with van der Waals surface area (Å²) in [6.45, 7) is 4.17. The number of hydrogen-bond acceptors (Lipinski definition) is 3. The molecular weight excluding hydrogens is 252 g/mol. The van der Waals surface area contributed by atoms with E-state index in [0.29, 0.717) is 6.61 Å². The zero-order chi connectivity index (χ0) is 14.4. The Kier molecular flexibility index (Phi) is 5.85. The van der Waals surface area contributed by atoms with Gasteiger partial charge in [-0.1, -0.05) is 25.7 Å². The molecule has 0 spiro atoms. The van der Waals surface area contributed by atoms with Gasteiger partial charge in [-0.05, 0) is 39.0 Å². The third-order valence-corrected chi connectivity index (χ3v) is 4.74. The first-order valence-electron chi connectivity index (χ1n) is 8.30. The number of piperidine rings is 1. The maximum Gasteiger partial charge on any atom is 0.251 e. The van der Waals surface area contributed by atoms with Gasteiger partial charge in [0.25, 0.3) is 5.91 Å². The maximum absolute atomic E-state index is 12.3. The van der Waals surface area contributed by atoms with Crippen LogP contribution in [0, 0.1) is 0 Å². The topological polar surface area (TPSA) is 55.6 Å². The van der Waals surface area contributed by atoms with E-state index in [1.807, 2.05) is 11.8 Å². The summed E-state index contributed by atoms with van der Waals surface area (Å²) in [5, 5.41) is 0. The van der Waals surface area contributed by atoms with Gasteiger partial charge < -0.3 is 15.4 Å². The molecule has 0 aromatic carbocycles. The Bertz CT molecular complexity index is 306. The van der Waals surface area contributed by atoms with E-state index >= 15 is 0 Å². The highest BCUT2D eigenvalue weighted by atomic mass is 16.5. The molecular formula is C16H30N2O2. The first-order chi connectivity index (χ1) is 9.61. The van der Waals surface area contributed by atoms with Crippen molar-refractivity contribution < 1.29 is 9.53 Å². The number of nitrogens with zero attached hydrogens (tertiary/aromatic N) is 1. The highest BCUT2D eigenvalue weighted by molar-refractivity contribution is 5.80. The minimum absolute atomic E-state index is 0.141. The Hall–Kier alpha value is -0.610. The first kappa shape index (κ1) is 15.8. The number of amides is 1. The van der Waals surface area contributed by atoms with Gasteiger partial charge in [-0.15, -0.1) is 0 Å². The number of carbonyl (C=O) groups excluding carboxylic acids is 1. The Morgan fingerprint density at radius 3 is 2.25 bits per heavy atom. The third kappa shape index (κ3) is 4.45. The van der Waals surface area contributed by atoms with Gasteiger partial charge in [-0.2, -0.15) is 0 Å². The van der Waals surface area contributed by atoms with Gasteiger partial charge in [0.05, 0.1) is 6.61 Å². The second-order valence-corrected chi connectivity index (χ2v) is 6.62. The number of hydrogen-bond donors (Lipinski definition) is 1. The van der Waals surface area contributed by atoms with Crippen molar-refractivity contribution in [2.75, 3.05) is 19.7 Å². The van der Waals surface area contributed by atoms with Crippen molar-refractivity contribution in [3.63, 3.8) is 0 Å². The smallest absolute Gasteiger partial charge is 0.251 e. The second kappa shape index (κ2) is 7.41. The van der Waals surface area contributed by atoms with Crippen LogP contribution in [0.2, 0.25) is 0 Å². The van der Waals surface area contributed by atoms with Gasteiger partial charge in [-0.3, -0.25) is 4.79 Å². The summed E-state index contributed by atoms with van der Waals surface area (Å²) >= 11 is 0. The molecule has 116 valence electrons. The lowest BCUT2D eigenvalue weighted by Gasteiger charge is -2.32. The molecule has 2 rings (SSSR count). The van der Waals surface area contributed by atoms with E-state index in [4.69, 9.17) is 10.5 Å². The van der Waals surface area contributed by atoms with Crippen LogP contribution in [0.3, 0.4) is 0 Å². The maximum atomic E-state index is 12.3. The molecule has 1 amide bonds. The molecule has 0 aromatic rings. The first-order valence-corrected chi connectivity index (χ1v) is 8.30. The van der Waals surface area contributed by atoms with Crippen LogP contribution in [0.5, 0.6) is 0 Å². The molecule has 1 saturated carbocycles. The molecule has 1 atom stereocenters. The van der Waals surface area contributed by atoms with Crippen molar-refractivity contribution in [3.05, 3.63) is 0 Å². The van der Waals surface area contributed by atoms with Crippen LogP contribution in [0.4, 0.5) is 0 Å². The Labute approximate surface area is 123 Å². The zero-order valence-electron chi connectivity index (χ0n) is 12.9. The summed E-state index contributed by atoms with van der Waals surface area (Å²) in [4.78, 5) is 14.3. The molecule has 0 aromatic heterocycles. The molecule has 4 nitrogen and oxygen atoms in total. The lowest BCUT2D eigenvalue weighted by Crippen LogP contribution is -2.48. The minimum Gasteiger partial charge on any atom is -0.367 e. The summed E-state index contributed by atoms with van der Waals surface area (Å²) in [5.74, 6) is 0.141. The summed E-state index contributed by atoms with van der Waals surface area (Å²) in [5.41, 5.74) is 6.22. The second-order valence-electron chi connectivity index (χ2n) is 6.62. The number of carbonyl (C=O) groups is 1. The van der Waals surface area contributed by atoms with Crippen LogP contribution >= 0.6 is 0 Å². The van der Waals surface area contributed by atoms with Gasteiger partial charge in [0, 0.05) is 18.6 Å². The van der Waals surface area contributed by atoms with Crippen molar-refractivity contribution in [2.45, 2.75) is 76.4 Å². The summed E-state index contributed by atoms with van der Waals surface area (Å²) in [6, 6.07) is 0. The van der Waals surface area contributed by atoms with Gasteiger partial charge in [0.1, 0.15) is 6.10 Å². The van der Waals surface area contributed by atoms with Crippen molar-refractivity contribution >= 4 is 5.91 Å². The largest absolute Gasteiger partial charge is 0.367 e. The summed E-state index contributed by atoms with van der Waals surface area (Å²) in [6.07, 6.45) is 10.1. The predicted molar refractivity (Wildman–Crippen MR) is 80.5 cm³/mol. The van der Waals surface area contributed by atoms with Crippen LogP contribution < -0.4 is 5.73 Å². The van der Waals surface area contributed by atoms with Crippen LogP contribution in [0.25, 0.3) is 0 Å². The summed E-state index contributed by atoms with van der Waals surface area (Å²) in [7, 11) is 0. The van der Waals surface area contributed by atoms with E-state index < -0.39 is 0 Å². The van der Waals surface area contributed by atoms with Gasteiger partial charge in [0.15, 0.2) is 0 Å². The standard InChI is InChI=1S/C16H30N2O2/c1-14(15(19)18-11-7-4-8-12-18)20-13-16(17)9-5-2-3-6-10-16/h14H,2-13,17H2,1H3. The molecule has 1 heterocycles. The molecule has 20 heavy (non-hydrogen) atoms. The average Bonchev–Trinajstić information content (AvgIpc) is 2.70. The van der Waals surface area contributed by atoms with Crippen LogP contribution in [-0.2, 0) is 9.53 Å². The summed E-state index contributed by atoms with van der Waals surface area (Å²) < 4.78 is 5.84. The average molecular weight is 282 g/mol. The lowest BCUT2D eigenvalue weighted by molar-refractivity contribution is -0.144. The zero-order valence-corrected chi connectivity index (χ0v) is 12.9. The molecule has 0 bridgehead atoms. The number of likely N-dealkylation sites (tertiary alicyclic amines) is 1. The number of rotatable bonds is 4. The van der Waals surface area contributed by atoms with Crippen molar-refractivity contribution in [2.24, 2.45) is 5.73 Å². The fraction of sp³-hybridized carbons (Fsp3) is 0.938. The quantitative estimate of drug-likeness (QED) is 0.806. The Balaban J connectivity index is 1.78. The molecule has 0 radical (unpaired) electrons. The van der Waals surface area contributed by atoms with Crippen LogP contribution in [0.1, 0.15) is 64.7 Å². The SMILES string of the molecule is CC(OCC1(N)CCCCCC1)C(=O)N1CCCCC1. The van der Waals surface area contributed by atoms with E-state index in [0.717, 1.165) is 38.8 Å². The molecule has 1 saturated heterocycles. The lowest BCUT2D eigenvalue weighted by atomic mass is 9.92.